The van der Waals surface area contributed by atoms with E-state index in [0.29, 0.717) is 94.6 Å². The van der Waals surface area contributed by atoms with Gasteiger partial charge >= 0.3 is 30.4 Å². The van der Waals surface area contributed by atoms with Crippen molar-refractivity contribution >= 4 is 65.0 Å². The van der Waals surface area contributed by atoms with Crippen molar-refractivity contribution in [3.05, 3.63) is 119 Å². The monoisotopic (exact) mass is 1440 g/mol. The number of carboxylic acid groups (broad SMARTS) is 1. The number of aliphatic hydroxyl groups excluding tert-OH is 1. The van der Waals surface area contributed by atoms with Crippen LogP contribution in [0.1, 0.15) is 171 Å². The average Bonchev–Trinajstić information content (AvgIpc) is 1.62. The number of halogens is 3. The van der Waals surface area contributed by atoms with E-state index in [0.717, 1.165) is 45.1 Å². The Kier molecular flexibility index (Phi) is 45.3. The molecular formula is C73H109F3N8O18. The zero-order chi connectivity index (χ0) is 76.7. The van der Waals surface area contributed by atoms with Crippen molar-refractivity contribution in [2.75, 3.05) is 97.3 Å². The average molecular weight is 1440 g/mol. The van der Waals surface area contributed by atoms with Crippen molar-refractivity contribution in [1.82, 2.24) is 26.6 Å². The predicted octanol–water partition coefficient (Wildman–Crippen LogP) is 10.8. The van der Waals surface area contributed by atoms with Gasteiger partial charge in [0, 0.05) is 62.2 Å². The SMILES string of the molecule is CC(=O)c1ccc(NC(=O)OC(C)(C)C)cc1.CC(O)C(F)(F)F.CCCCCC[C@H](NC(=O)OCC1c2ccccc2-c2ccccc21)C(=O)NC.CCCCOCCOCC(=O)O.CNC(=O)[C@H](CCCCNC(=O)c1ccc(NC(=O)OC(C)(C)C)cc1)NC(=O)COCCOCCN. The van der Waals surface area contributed by atoms with E-state index in [1.54, 1.807) is 97.1 Å². The van der Waals surface area contributed by atoms with Crippen molar-refractivity contribution in [3.63, 3.8) is 0 Å². The standard InChI is InChI=1S/C25H41N5O7.C24H30N2O3.C13H17NO3.C8H16O4.C3H5F3O/c1-25(2,3)37-24(34)29-19-10-8-18(9-11-19)22(32)28-13-6-5-7-20(23(33)27-4)30-21(31)17-36-16-15-35-14-12-26;1-3-4-5-6-15-22(23(27)25-2)26-24(28)29-16-21-19-13-9-7-11-17(19)18-12-8-10-14-20(18)21;1-9(15)10-5-7-11(8-6-10)14-12(16)17-13(2,3)4;1-2-3-4-11-5-6-12-7-8(9)10;1-2(7)3(4,5)6/h8-11,20H,5-7,12-17,26H2,1-4H3,(H,27,33)(H,28,32)(H,29,34)(H,30,31);7-14,21-22H,3-6,15-16H2,1-2H3,(H,25,27)(H,26,28);5-8H,1-4H3,(H,14,16);2-7H2,1H3,(H,9,10);2,7H,1H3/t20-;22-;;;/m00.../s1. The number of carbonyl (C=O) groups excluding carboxylic acids is 8. The number of nitrogens with two attached hydrogens (primary N) is 1. The third kappa shape index (κ3) is 41.9. The number of carboxylic acids is 1. The Morgan fingerprint density at radius 3 is 1.43 bits per heavy atom. The zero-order valence-electron chi connectivity index (χ0n) is 61.0. The number of ether oxygens (including phenoxy) is 7. The van der Waals surface area contributed by atoms with Crippen molar-refractivity contribution < 1.29 is 99.7 Å². The molecule has 4 aromatic carbocycles. The molecule has 29 heteroatoms. The van der Waals surface area contributed by atoms with Gasteiger partial charge in [0.25, 0.3) is 5.91 Å². The summed E-state index contributed by atoms with van der Waals surface area (Å²) >= 11 is 0. The van der Waals surface area contributed by atoms with Crippen molar-refractivity contribution in [3.8, 4) is 11.1 Å². The zero-order valence-corrected chi connectivity index (χ0v) is 61.0. The number of ketones is 1. The summed E-state index contributed by atoms with van der Waals surface area (Å²) in [4.78, 5) is 105. The van der Waals surface area contributed by atoms with Gasteiger partial charge in [0.05, 0.1) is 33.0 Å². The Morgan fingerprint density at radius 1 is 0.549 bits per heavy atom. The van der Waals surface area contributed by atoms with Crippen LogP contribution in [0.15, 0.2) is 97.1 Å². The summed E-state index contributed by atoms with van der Waals surface area (Å²) in [5, 5.41) is 34.5. The molecule has 1 aliphatic rings. The van der Waals surface area contributed by atoms with Crippen LogP contribution in [0.5, 0.6) is 0 Å². The van der Waals surface area contributed by atoms with Gasteiger partial charge in [-0.1, -0.05) is 94.5 Å². The molecule has 0 heterocycles. The molecule has 3 atom stereocenters. The minimum atomic E-state index is -4.44. The second-order valence-corrected chi connectivity index (χ2v) is 25.0. The molecule has 0 fully saturated rings. The first kappa shape index (κ1) is 91.3. The maximum atomic E-state index is 12.4. The molecule has 26 nitrogen and oxygen atoms in total. The molecule has 1 unspecified atom stereocenters. The minimum absolute atomic E-state index is 0.00572. The number of aliphatic hydroxyl groups is 1. The highest BCUT2D eigenvalue weighted by atomic mass is 19.4. The third-order valence-corrected chi connectivity index (χ3v) is 14.0. The van der Waals surface area contributed by atoms with E-state index in [1.807, 2.05) is 24.3 Å². The van der Waals surface area contributed by atoms with Crippen LogP contribution in [-0.4, -0.2) is 186 Å². The number of alkyl carbamates (subject to hydrolysis) is 1. The lowest BCUT2D eigenvalue weighted by molar-refractivity contribution is -0.197. The quantitative estimate of drug-likeness (QED) is 0.0116. The number of hydrogen-bond donors (Lipinski definition) is 10. The van der Waals surface area contributed by atoms with Gasteiger partial charge in [-0.25, -0.2) is 19.2 Å². The number of carbonyl (C=O) groups is 9. The molecule has 7 amide bonds. The van der Waals surface area contributed by atoms with Gasteiger partial charge in [-0.15, -0.1) is 0 Å². The predicted molar refractivity (Wildman–Crippen MR) is 382 cm³/mol. The number of amides is 7. The second kappa shape index (κ2) is 50.6. The van der Waals surface area contributed by atoms with Crippen LogP contribution in [0.4, 0.5) is 38.9 Å². The molecule has 0 saturated carbocycles. The van der Waals surface area contributed by atoms with Gasteiger partial charge in [0.2, 0.25) is 17.7 Å². The first-order valence-corrected chi connectivity index (χ1v) is 34.0. The molecular weight excluding hydrogens is 1330 g/mol. The topological polar surface area (TPSA) is 369 Å². The largest absolute Gasteiger partial charge is 0.480 e. The number of benzene rings is 4. The molecule has 0 aromatic heterocycles. The maximum absolute atomic E-state index is 12.4. The first-order valence-electron chi connectivity index (χ1n) is 34.0. The summed E-state index contributed by atoms with van der Waals surface area (Å²) in [5.41, 5.74) is 11.1. The lowest BCUT2D eigenvalue weighted by Gasteiger charge is -2.19. The Bertz CT molecular complexity index is 3080. The number of likely N-dealkylation sites (N-methyl/N-ethyl adjacent to an activating group) is 2. The highest BCUT2D eigenvalue weighted by molar-refractivity contribution is 5.96. The number of rotatable bonds is 35. The van der Waals surface area contributed by atoms with Gasteiger partial charge in [0.1, 0.15) is 49.2 Å². The van der Waals surface area contributed by atoms with Gasteiger partial charge in [-0.2, -0.15) is 13.2 Å². The van der Waals surface area contributed by atoms with E-state index in [1.165, 1.54) is 36.2 Å². The third-order valence-electron chi connectivity index (χ3n) is 14.0. The molecule has 0 bridgehead atoms. The number of fused-ring (bicyclic) bond motifs is 3. The van der Waals surface area contributed by atoms with Crippen LogP contribution in [0.3, 0.4) is 0 Å². The van der Waals surface area contributed by atoms with Crippen LogP contribution < -0.4 is 43.0 Å². The van der Waals surface area contributed by atoms with Crippen LogP contribution >= 0.6 is 0 Å². The van der Waals surface area contributed by atoms with E-state index in [9.17, 15) is 56.3 Å². The molecule has 102 heavy (non-hydrogen) atoms. The summed E-state index contributed by atoms with van der Waals surface area (Å²) in [6.07, 6.45) is 0.327. The maximum Gasteiger partial charge on any atom is 0.414 e. The summed E-state index contributed by atoms with van der Waals surface area (Å²) < 4.78 is 68.9. The highest BCUT2D eigenvalue weighted by Gasteiger charge is 2.34. The van der Waals surface area contributed by atoms with Crippen LogP contribution in [-0.2, 0) is 52.3 Å². The fraction of sp³-hybridized carbons (Fsp3) is 0.548. The lowest BCUT2D eigenvalue weighted by atomic mass is 9.98. The van der Waals surface area contributed by atoms with Crippen LogP contribution in [0.25, 0.3) is 11.1 Å². The molecule has 0 aliphatic heterocycles. The first-order chi connectivity index (χ1) is 48.2. The fourth-order valence-corrected chi connectivity index (χ4v) is 8.89. The molecule has 4 aromatic rings. The molecule has 0 spiro atoms. The molecule has 1 aliphatic carbocycles. The Morgan fingerprint density at radius 2 is 0.990 bits per heavy atom. The van der Waals surface area contributed by atoms with Gasteiger partial charge in [0.15, 0.2) is 5.78 Å². The van der Waals surface area contributed by atoms with Gasteiger partial charge < -0.3 is 75.7 Å². The van der Waals surface area contributed by atoms with Crippen molar-refractivity contribution in [1.29, 1.82) is 0 Å². The Labute approximate surface area is 597 Å². The summed E-state index contributed by atoms with van der Waals surface area (Å²) in [6, 6.07) is 28.3. The Hall–Kier alpha value is -8.74. The summed E-state index contributed by atoms with van der Waals surface area (Å²) in [7, 11) is 3.09. The molecule has 0 saturated heterocycles. The molecule has 5 rings (SSSR count). The van der Waals surface area contributed by atoms with Crippen molar-refractivity contribution in [2.24, 2.45) is 5.73 Å². The van der Waals surface area contributed by atoms with E-state index < -0.39 is 65.7 Å². The molecule has 0 radical (unpaired) electrons. The van der Waals surface area contributed by atoms with Gasteiger partial charge in [-0.05, 0) is 158 Å². The number of anilines is 2. The van der Waals surface area contributed by atoms with E-state index >= 15 is 0 Å². The second-order valence-electron chi connectivity index (χ2n) is 25.0. The lowest BCUT2D eigenvalue weighted by Crippen LogP contribution is -2.47. The number of hydrogen-bond acceptors (Lipinski definition) is 18. The number of nitrogens with one attached hydrogen (secondary N) is 7. The number of unbranched alkanes of at least 4 members (excludes halogenated alkanes) is 5. The molecule has 570 valence electrons. The summed E-state index contributed by atoms with van der Waals surface area (Å²) in [5.74, 6) is -2.08. The highest BCUT2D eigenvalue weighted by Crippen LogP contribution is 2.44. The number of alkyl halides is 3. The number of Topliss-reactive ketones (excluding diaryl/α,β-unsaturated/α-hetero) is 1. The van der Waals surface area contributed by atoms with Crippen molar-refractivity contribution in [2.45, 2.75) is 175 Å². The fourth-order valence-electron chi connectivity index (χ4n) is 8.89. The van der Waals surface area contributed by atoms with E-state index in [2.05, 4.69) is 75.3 Å². The van der Waals surface area contributed by atoms with E-state index in [-0.39, 0.29) is 55.9 Å². The van der Waals surface area contributed by atoms with Crippen LogP contribution in [0.2, 0.25) is 0 Å². The minimum Gasteiger partial charge on any atom is -0.480 e. The van der Waals surface area contributed by atoms with E-state index in [4.69, 9.17) is 49.1 Å². The van der Waals surface area contributed by atoms with Gasteiger partial charge in [-0.3, -0.25) is 34.6 Å². The Balaban J connectivity index is 0.000000703. The molecule has 11 N–H and O–H groups in total. The smallest absolute Gasteiger partial charge is 0.414 e. The summed E-state index contributed by atoms with van der Waals surface area (Å²) in [6.45, 7) is 20.3. The number of aliphatic carboxylic acids is 1. The van der Waals surface area contributed by atoms with Crippen LogP contribution in [0, 0.1) is 0 Å². The normalized spacial score (nSPS) is 12.2.